The lowest BCUT2D eigenvalue weighted by molar-refractivity contribution is -0.156. The van der Waals surface area contributed by atoms with Crippen LogP contribution in [-0.2, 0) is 20.7 Å². The molecule has 1 aromatic carbocycles. The molecule has 3 rings (SSSR count). The normalized spacial score (nSPS) is 21.6. The van der Waals surface area contributed by atoms with Crippen molar-refractivity contribution in [3.05, 3.63) is 35.4 Å². The lowest BCUT2D eigenvalue weighted by Gasteiger charge is -2.35. The number of ether oxygens (including phenoxy) is 1. The van der Waals surface area contributed by atoms with Crippen LogP contribution in [0, 0.1) is 5.92 Å². The van der Waals surface area contributed by atoms with Crippen molar-refractivity contribution in [1.82, 2.24) is 4.90 Å². The van der Waals surface area contributed by atoms with Crippen LogP contribution in [0.25, 0.3) is 0 Å². The maximum Gasteiger partial charge on any atom is 0.333 e. The summed E-state index contributed by atoms with van der Waals surface area (Å²) < 4.78 is 5.19. The molecule has 1 aromatic rings. The molecule has 0 bridgehead atoms. The second-order valence-corrected chi connectivity index (χ2v) is 5.52. The second kappa shape index (κ2) is 5.27. The van der Waals surface area contributed by atoms with E-state index in [0.29, 0.717) is 25.5 Å². The molecule has 1 saturated carbocycles. The Balaban J connectivity index is 1.96. The molecule has 1 amide bonds. The minimum atomic E-state index is -0.562. The number of nitrogens with zero attached hydrogens (tertiary/aromatic N) is 1. The summed E-state index contributed by atoms with van der Waals surface area (Å²) in [6, 6.07) is 7.12. The van der Waals surface area contributed by atoms with Crippen molar-refractivity contribution in [2.45, 2.75) is 32.2 Å². The van der Waals surface area contributed by atoms with Crippen molar-refractivity contribution in [2.75, 3.05) is 13.2 Å². The van der Waals surface area contributed by atoms with Gasteiger partial charge in [-0.15, -0.1) is 0 Å². The van der Waals surface area contributed by atoms with Gasteiger partial charge in [0.2, 0.25) is 5.91 Å². The van der Waals surface area contributed by atoms with Crippen molar-refractivity contribution in [3.63, 3.8) is 0 Å². The van der Waals surface area contributed by atoms with Gasteiger partial charge in [-0.05, 0) is 36.8 Å². The predicted molar refractivity (Wildman–Crippen MR) is 74.0 cm³/mol. The minimum absolute atomic E-state index is 0.0358. The van der Waals surface area contributed by atoms with Crippen molar-refractivity contribution >= 4 is 11.9 Å². The first-order valence-corrected chi connectivity index (χ1v) is 7.24. The number of hydrogen-bond acceptors (Lipinski definition) is 3. The van der Waals surface area contributed by atoms with E-state index in [1.807, 2.05) is 24.3 Å². The molecule has 4 nitrogen and oxygen atoms in total. The van der Waals surface area contributed by atoms with Crippen LogP contribution in [0.2, 0.25) is 0 Å². The highest BCUT2D eigenvalue weighted by Crippen LogP contribution is 2.37. The predicted octanol–water partition coefficient (Wildman–Crippen LogP) is 2.09. The molecule has 1 heterocycles. The summed E-state index contributed by atoms with van der Waals surface area (Å²) in [5.74, 6) is 0.281. The van der Waals surface area contributed by atoms with E-state index in [4.69, 9.17) is 4.74 Å². The summed E-state index contributed by atoms with van der Waals surface area (Å²) in [5.41, 5.74) is 1.87. The number of fused-ring (bicyclic) bond motifs is 1. The van der Waals surface area contributed by atoms with Crippen LogP contribution in [0.5, 0.6) is 0 Å². The topological polar surface area (TPSA) is 46.6 Å². The van der Waals surface area contributed by atoms with E-state index >= 15 is 0 Å². The zero-order valence-corrected chi connectivity index (χ0v) is 11.7. The summed E-state index contributed by atoms with van der Waals surface area (Å²) in [7, 11) is 0. The average Bonchev–Trinajstić information content (AvgIpc) is 3.23. The van der Waals surface area contributed by atoms with Gasteiger partial charge in [0.05, 0.1) is 13.0 Å². The molecule has 0 aromatic heterocycles. The molecule has 1 atom stereocenters. The quantitative estimate of drug-likeness (QED) is 0.789. The fourth-order valence-corrected chi connectivity index (χ4v) is 2.80. The Kier molecular flexibility index (Phi) is 3.47. The number of amides is 1. The van der Waals surface area contributed by atoms with Crippen LogP contribution in [0.15, 0.2) is 24.3 Å². The molecule has 4 heteroatoms. The molecule has 0 spiro atoms. The number of benzene rings is 1. The van der Waals surface area contributed by atoms with Gasteiger partial charge in [0.15, 0.2) is 6.04 Å². The van der Waals surface area contributed by atoms with Crippen molar-refractivity contribution in [1.29, 1.82) is 0 Å². The van der Waals surface area contributed by atoms with Gasteiger partial charge in [-0.3, -0.25) is 4.79 Å². The van der Waals surface area contributed by atoms with Crippen LogP contribution in [0.1, 0.15) is 36.9 Å². The van der Waals surface area contributed by atoms with Gasteiger partial charge < -0.3 is 9.64 Å². The molecule has 0 N–H and O–H groups in total. The van der Waals surface area contributed by atoms with Gasteiger partial charge >= 0.3 is 5.97 Å². The highest BCUT2D eigenvalue weighted by molar-refractivity contribution is 5.90. The number of rotatable bonds is 4. The van der Waals surface area contributed by atoms with E-state index in [1.54, 1.807) is 11.8 Å². The van der Waals surface area contributed by atoms with Crippen molar-refractivity contribution < 1.29 is 14.3 Å². The summed E-state index contributed by atoms with van der Waals surface area (Å²) in [5, 5.41) is 0. The first kappa shape index (κ1) is 13.2. The van der Waals surface area contributed by atoms with Crippen LogP contribution in [-0.4, -0.2) is 29.9 Å². The highest BCUT2D eigenvalue weighted by Gasteiger charge is 2.40. The monoisotopic (exact) mass is 273 g/mol. The molecule has 1 unspecified atom stereocenters. The Bertz CT molecular complexity index is 536. The lowest BCUT2D eigenvalue weighted by atomic mass is 9.92. The van der Waals surface area contributed by atoms with E-state index in [9.17, 15) is 9.59 Å². The Hall–Kier alpha value is -1.84. The highest BCUT2D eigenvalue weighted by atomic mass is 16.5. The van der Waals surface area contributed by atoms with Crippen LogP contribution in [0.3, 0.4) is 0 Å². The largest absolute Gasteiger partial charge is 0.464 e. The number of esters is 1. The third-order valence-electron chi connectivity index (χ3n) is 3.99. The van der Waals surface area contributed by atoms with Crippen molar-refractivity contribution in [3.8, 4) is 0 Å². The Labute approximate surface area is 118 Å². The van der Waals surface area contributed by atoms with Gasteiger partial charge in [0, 0.05) is 6.54 Å². The molecule has 0 saturated heterocycles. The van der Waals surface area contributed by atoms with E-state index < -0.39 is 6.04 Å². The van der Waals surface area contributed by atoms with Gasteiger partial charge in [0.1, 0.15) is 0 Å². The number of carbonyl (C=O) groups excluding carboxylic acids is 2. The second-order valence-electron chi connectivity index (χ2n) is 5.52. The summed E-state index contributed by atoms with van der Waals surface area (Å²) >= 11 is 0. The average molecular weight is 273 g/mol. The molecule has 0 radical (unpaired) electrons. The lowest BCUT2D eigenvalue weighted by Crippen LogP contribution is -2.45. The fraction of sp³-hybridized carbons (Fsp3) is 0.500. The summed E-state index contributed by atoms with van der Waals surface area (Å²) in [6.45, 7) is 2.80. The van der Waals surface area contributed by atoms with Gasteiger partial charge in [-0.2, -0.15) is 0 Å². The first-order valence-electron chi connectivity index (χ1n) is 7.24. The first-order chi connectivity index (χ1) is 9.70. The smallest absolute Gasteiger partial charge is 0.333 e. The molecule has 1 fully saturated rings. The van der Waals surface area contributed by atoms with Crippen molar-refractivity contribution in [2.24, 2.45) is 5.92 Å². The van der Waals surface area contributed by atoms with Crippen LogP contribution < -0.4 is 0 Å². The van der Waals surface area contributed by atoms with Gasteiger partial charge in [0.25, 0.3) is 0 Å². The Morgan fingerprint density at radius 1 is 1.35 bits per heavy atom. The van der Waals surface area contributed by atoms with Crippen LogP contribution in [0.4, 0.5) is 0 Å². The zero-order chi connectivity index (χ0) is 14.1. The van der Waals surface area contributed by atoms with Gasteiger partial charge in [-0.25, -0.2) is 4.79 Å². The van der Waals surface area contributed by atoms with E-state index in [0.717, 1.165) is 24.0 Å². The third kappa shape index (κ3) is 2.42. The molecular formula is C16H19NO3. The summed E-state index contributed by atoms with van der Waals surface area (Å²) in [4.78, 5) is 26.4. The molecule has 1 aliphatic carbocycles. The van der Waals surface area contributed by atoms with E-state index in [1.165, 1.54) is 0 Å². The SMILES string of the molecule is CCOC(=O)C1c2ccccc2CC(=O)N1CC1CC1. The molecule has 2 aliphatic rings. The standard InChI is InChI=1S/C16H19NO3/c1-2-20-16(19)15-13-6-4-3-5-12(13)9-14(18)17(15)10-11-7-8-11/h3-6,11,15H,2,7-10H2,1H3. The van der Waals surface area contributed by atoms with Gasteiger partial charge in [-0.1, -0.05) is 24.3 Å². The maximum absolute atomic E-state index is 12.4. The van der Waals surface area contributed by atoms with E-state index in [2.05, 4.69) is 0 Å². The third-order valence-corrected chi connectivity index (χ3v) is 3.99. The van der Waals surface area contributed by atoms with Crippen LogP contribution >= 0.6 is 0 Å². The maximum atomic E-state index is 12.4. The zero-order valence-electron chi connectivity index (χ0n) is 11.7. The summed E-state index contributed by atoms with van der Waals surface area (Å²) in [6.07, 6.45) is 2.70. The van der Waals surface area contributed by atoms with E-state index in [-0.39, 0.29) is 11.9 Å². The molecule has 20 heavy (non-hydrogen) atoms. The Morgan fingerprint density at radius 2 is 2.10 bits per heavy atom. The number of hydrogen-bond donors (Lipinski definition) is 0. The minimum Gasteiger partial charge on any atom is -0.464 e. The molecular weight excluding hydrogens is 254 g/mol. The fourth-order valence-electron chi connectivity index (χ4n) is 2.80. The molecule has 106 valence electrons. The Morgan fingerprint density at radius 3 is 2.80 bits per heavy atom. The number of carbonyl (C=O) groups is 2. The molecule has 1 aliphatic heterocycles.